The number of carbonyl (C=O) groups is 2. The fourth-order valence-corrected chi connectivity index (χ4v) is 3.74. The van der Waals surface area contributed by atoms with Gasteiger partial charge < -0.3 is 25.1 Å². The predicted molar refractivity (Wildman–Crippen MR) is 126 cm³/mol. The quantitative estimate of drug-likeness (QED) is 0.252. The van der Waals surface area contributed by atoms with E-state index in [0.717, 1.165) is 24.8 Å². The van der Waals surface area contributed by atoms with Crippen molar-refractivity contribution >= 4 is 40.6 Å². The average Bonchev–Trinajstić information content (AvgIpc) is 3.16. The molecule has 10 heteroatoms. The van der Waals surface area contributed by atoms with Gasteiger partial charge in [0, 0.05) is 18.8 Å². The highest BCUT2D eigenvalue weighted by Crippen LogP contribution is 2.31. The number of nitrogens with zero attached hydrogens (tertiary/aromatic N) is 3. The molecule has 0 fully saturated rings. The van der Waals surface area contributed by atoms with Crippen molar-refractivity contribution in [3.63, 3.8) is 0 Å². The highest BCUT2D eigenvalue weighted by atomic mass is 35.5. The van der Waals surface area contributed by atoms with Crippen molar-refractivity contribution < 1.29 is 19.1 Å². The maximum Gasteiger partial charge on any atom is 0.407 e. The second-order valence-corrected chi connectivity index (χ2v) is 7.91. The van der Waals surface area contributed by atoms with Gasteiger partial charge in [-0.15, -0.1) is 0 Å². The third-order valence-corrected chi connectivity index (χ3v) is 5.44. The Morgan fingerprint density at radius 2 is 1.97 bits per heavy atom. The number of unbranched alkanes of at least 4 members (excludes halogenated alkanes) is 1. The summed E-state index contributed by atoms with van der Waals surface area (Å²) in [4.78, 5) is 32.6. The monoisotopic (exact) mass is 473 g/mol. The highest BCUT2D eigenvalue weighted by Gasteiger charge is 2.23. The zero-order valence-corrected chi connectivity index (χ0v) is 19.5. The maximum atomic E-state index is 12.4. The number of aromatic nitrogens is 3. The molecule has 0 saturated carbocycles. The van der Waals surface area contributed by atoms with Gasteiger partial charge in [0.25, 0.3) is 0 Å². The fraction of sp³-hybridized carbons (Fsp3) is 0.391. The molecule has 3 aromatic rings. The van der Waals surface area contributed by atoms with E-state index in [2.05, 4.69) is 15.3 Å². The Labute approximate surface area is 197 Å². The molecule has 9 nitrogen and oxygen atoms in total. The van der Waals surface area contributed by atoms with Gasteiger partial charge in [0.1, 0.15) is 17.7 Å². The number of anilines is 1. The number of hydrogen-bond donors (Lipinski definition) is 2. The van der Waals surface area contributed by atoms with E-state index < -0.39 is 12.1 Å². The first kappa shape index (κ1) is 24.3. The SMILES string of the molecule is CCOC(=O)c1cnc(Cl)c2nc(N)n([C@@H](C)CCCCNC(=O)OCc3ccccc3)c12. The Kier molecular flexibility index (Phi) is 8.48. The van der Waals surface area contributed by atoms with Gasteiger partial charge in [-0.2, -0.15) is 0 Å². The second-order valence-electron chi connectivity index (χ2n) is 7.55. The fourth-order valence-electron chi connectivity index (χ4n) is 3.56. The van der Waals surface area contributed by atoms with Gasteiger partial charge in [-0.1, -0.05) is 41.9 Å². The number of nitrogens with one attached hydrogen (secondary N) is 1. The first-order valence-electron chi connectivity index (χ1n) is 10.9. The minimum absolute atomic E-state index is 0.0633. The Bertz CT molecular complexity index is 1100. The molecule has 3 rings (SSSR count). The van der Waals surface area contributed by atoms with Crippen molar-refractivity contribution in [2.75, 3.05) is 18.9 Å². The number of fused-ring (bicyclic) bond motifs is 1. The van der Waals surface area contributed by atoms with E-state index in [9.17, 15) is 9.59 Å². The van der Waals surface area contributed by atoms with Gasteiger partial charge in [0.2, 0.25) is 5.95 Å². The Balaban J connectivity index is 1.55. The second kappa shape index (κ2) is 11.5. The highest BCUT2D eigenvalue weighted by molar-refractivity contribution is 6.34. The molecule has 0 spiro atoms. The number of alkyl carbamates (subject to hydrolysis) is 1. The topological polar surface area (TPSA) is 121 Å². The van der Waals surface area contributed by atoms with Crippen LogP contribution in [0.3, 0.4) is 0 Å². The molecule has 1 amide bonds. The standard InChI is InChI=1S/C23H28ClN5O4/c1-3-32-21(30)17-13-27-20(24)18-19(17)29(22(25)28-18)15(2)9-7-8-12-26-23(31)33-14-16-10-5-4-6-11-16/h4-6,10-11,13,15H,3,7-9,12,14H2,1-2H3,(H2,25,28)(H,26,31)/t15-/m0/s1. The van der Waals surface area contributed by atoms with Crippen LogP contribution in [0, 0.1) is 0 Å². The van der Waals surface area contributed by atoms with Crippen LogP contribution in [0.2, 0.25) is 5.15 Å². The molecule has 0 aliphatic heterocycles. The lowest BCUT2D eigenvalue weighted by Gasteiger charge is -2.17. The van der Waals surface area contributed by atoms with Crippen LogP contribution >= 0.6 is 11.6 Å². The zero-order chi connectivity index (χ0) is 23.8. The molecule has 176 valence electrons. The molecular weight excluding hydrogens is 446 g/mol. The van der Waals surface area contributed by atoms with Gasteiger partial charge in [-0.25, -0.2) is 19.6 Å². The molecule has 0 aliphatic rings. The van der Waals surface area contributed by atoms with Gasteiger partial charge >= 0.3 is 12.1 Å². The molecule has 3 N–H and O–H groups in total. The molecule has 0 aliphatic carbocycles. The summed E-state index contributed by atoms with van der Waals surface area (Å²) in [6.07, 6.45) is 3.26. The number of halogens is 1. The third-order valence-electron chi connectivity index (χ3n) is 5.16. The molecule has 1 aromatic carbocycles. The summed E-state index contributed by atoms with van der Waals surface area (Å²) < 4.78 is 12.1. The number of ether oxygens (including phenoxy) is 2. The van der Waals surface area contributed by atoms with Gasteiger partial charge in [-0.05, 0) is 38.7 Å². The molecule has 2 heterocycles. The number of nitrogens with two attached hydrogens (primary N) is 1. The van der Waals surface area contributed by atoms with E-state index in [4.69, 9.17) is 26.8 Å². The summed E-state index contributed by atoms with van der Waals surface area (Å²) in [6.45, 7) is 4.69. The van der Waals surface area contributed by atoms with E-state index in [0.29, 0.717) is 17.6 Å². The van der Waals surface area contributed by atoms with Gasteiger partial charge in [0.05, 0.1) is 12.1 Å². The summed E-state index contributed by atoms with van der Waals surface area (Å²) in [5.74, 6) is -0.251. The van der Waals surface area contributed by atoms with Crippen molar-refractivity contribution in [3.05, 3.63) is 52.8 Å². The lowest BCUT2D eigenvalue weighted by molar-refractivity contribution is 0.0527. The van der Waals surface area contributed by atoms with Crippen LogP contribution in [0.5, 0.6) is 0 Å². The van der Waals surface area contributed by atoms with Crippen molar-refractivity contribution in [1.82, 2.24) is 19.9 Å². The minimum Gasteiger partial charge on any atom is -0.462 e. The number of nitrogen functional groups attached to an aromatic ring is 1. The predicted octanol–water partition coefficient (Wildman–Crippen LogP) is 4.50. The number of hydrogen-bond acceptors (Lipinski definition) is 7. The van der Waals surface area contributed by atoms with Crippen LogP contribution in [-0.4, -0.2) is 39.7 Å². The molecule has 0 unspecified atom stereocenters. The molecule has 0 bridgehead atoms. The molecular formula is C23H28ClN5O4. The number of imidazole rings is 1. The van der Waals surface area contributed by atoms with E-state index in [1.54, 1.807) is 11.5 Å². The van der Waals surface area contributed by atoms with Crippen molar-refractivity contribution in [1.29, 1.82) is 0 Å². The summed E-state index contributed by atoms with van der Waals surface area (Å²) in [7, 11) is 0. The third kappa shape index (κ3) is 6.13. The lowest BCUT2D eigenvalue weighted by Crippen LogP contribution is -2.25. The number of carbonyl (C=O) groups excluding carboxylic acids is 2. The largest absolute Gasteiger partial charge is 0.462 e. The smallest absolute Gasteiger partial charge is 0.407 e. The van der Waals surface area contributed by atoms with Crippen molar-refractivity contribution in [2.45, 2.75) is 45.8 Å². The van der Waals surface area contributed by atoms with Crippen LogP contribution in [-0.2, 0) is 16.1 Å². The Morgan fingerprint density at radius 3 is 2.70 bits per heavy atom. The first-order valence-corrected chi connectivity index (χ1v) is 11.2. The molecule has 33 heavy (non-hydrogen) atoms. The molecule has 0 saturated heterocycles. The summed E-state index contributed by atoms with van der Waals surface area (Å²) >= 11 is 6.19. The minimum atomic E-state index is -0.502. The van der Waals surface area contributed by atoms with Crippen LogP contribution in [0.1, 0.15) is 55.1 Å². The van der Waals surface area contributed by atoms with Crippen molar-refractivity contribution in [3.8, 4) is 0 Å². The van der Waals surface area contributed by atoms with Crippen LogP contribution in [0.25, 0.3) is 11.0 Å². The number of rotatable bonds is 10. The summed E-state index contributed by atoms with van der Waals surface area (Å²) in [5.41, 5.74) is 8.25. The Hall–Kier alpha value is -3.33. The lowest BCUT2D eigenvalue weighted by atomic mass is 10.1. The number of amides is 1. The maximum absolute atomic E-state index is 12.4. The molecule has 2 aromatic heterocycles. The van der Waals surface area contributed by atoms with Crippen LogP contribution in [0.15, 0.2) is 36.5 Å². The van der Waals surface area contributed by atoms with E-state index in [1.807, 2.05) is 37.3 Å². The summed E-state index contributed by atoms with van der Waals surface area (Å²) in [5, 5.41) is 2.93. The van der Waals surface area contributed by atoms with Crippen molar-refractivity contribution in [2.24, 2.45) is 0 Å². The summed E-state index contributed by atoms with van der Waals surface area (Å²) in [6, 6.07) is 9.44. The van der Waals surface area contributed by atoms with E-state index >= 15 is 0 Å². The van der Waals surface area contributed by atoms with Crippen LogP contribution in [0.4, 0.5) is 10.7 Å². The van der Waals surface area contributed by atoms with E-state index in [1.165, 1.54) is 6.20 Å². The van der Waals surface area contributed by atoms with Crippen LogP contribution < -0.4 is 11.1 Å². The number of pyridine rings is 1. The number of benzene rings is 1. The molecule has 1 atom stereocenters. The van der Waals surface area contributed by atoms with E-state index in [-0.39, 0.29) is 35.9 Å². The van der Waals surface area contributed by atoms with Gasteiger partial charge in [-0.3, -0.25) is 0 Å². The van der Waals surface area contributed by atoms with Gasteiger partial charge in [0.15, 0.2) is 5.15 Å². The number of esters is 1. The zero-order valence-electron chi connectivity index (χ0n) is 18.7. The molecule has 0 radical (unpaired) electrons. The normalized spacial score (nSPS) is 11.8. The first-order chi connectivity index (χ1) is 15.9. The average molecular weight is 474 g/mol. The Morgan fingerprint density at radius 1 is 1.21 bits per heavy atom.